The van der Waals surface area contributed by atoms with E-state index in [1.165, 1.54) is 0 Å². The number of benzene rings is 1. The number of hydrogen-bond acceptors (Lipinski definition) is 5. The van der Waals surface area contributed by atoms with Gasteiger partial charge in [-0.05, 0) is 19.1 Å². The van der Waals surface area contributed by atoms with Gasteiger partial charge >= 0.3 is 0 Å². The lowest BCUT2D eigenvalue weighted by Crippen LogP contribution is -2.68. The van der Waals surface area contributed by atoms with Gasteiger partial charge in [0.2, 0.25) is 5.91 Å². The molecule has 3 rings (SSSR count). The number of rotatable bonds is 6. The van der Waals surface area contributed by atoms with Crippen LogP contribution in [0.15, 0.2) is 18.2 Å². The van der Waals surface area contributed by atoms with Gasteiger partial charge in [-0.1, -0.05) is 22.6 Å². The third-order valence-electron chi connectivity index (χ3n) is 4.75. The largest absolute Gasteiger partial charge is 0.497 e. The van der Waals surface area contributed by atoms with E-state index >= 15 is 0 Å². The summed E-state index contributed by atoms with van der Waals surface area (Å²) in [6.45, 7) is 3.46. The van der Waals surface area contributed by atoms with Crippen molar-refractivity contribution < 1.29 is 23.7 Å². The van der Waals surface area contributed by atoms with Gasteiger partial charge in [-0.3, -0.25) is 4.79 Å². The van der Waals surface area contributed by atoms with Crippen molar-refractivity contribution in [1.82, 2.24) is 4.90 Å². The van der Waals surface area contributed by atoms with Crippen LogP contribution < -0.4 is 9.47 Å². The topological polar surface area (TPSA) is 57.2 Å². The molecule has 2 fully saturated rings. The smallest absolute Gasteiger partial charge is 0.233 e. The van der Waals surface area contributed by atoms with Crippen molar-refractivity contribution in [1.29, 1.82) is 0 Å². The van der Waals surface area contributed by atoms with Gasteiger partial charge in [0.05, 0.1) is 33.5 Å². The number of carbonyl (C=O) groups excluding carboxylic acids is 1. The van der Waals surface area contributed by atoms with E-state index in [2.05, 4.69) is 22.6 Å². The summed E-state index contributed by atoms with van der Waals surface area (Å²) in [7, 11) is 3.24. The Balaban J connectivity index is 1.78. The SMILES string of the molecule is COc1ccc(CN2C(=O)[C@H](C3(C)OCCO3)[C@H]2CI)c(OC)c1. The number of likely N-dealkylation sites (tertiary alicyclic amines) is 1. The monoisotopic (exact) mass is 447 g/mol. The molecule has 0 N–H and O–H groups in total. The van der Waals surface area contributed by atoms with Crippen molar-refractivity contribution in [3.8, 4) is 11.5 Å². The first-order valence-corrected chi connectivity index (χ1v) is 9.42. The van der Waals surface area contributed by atoms with Gasteiger partial charge in [0.1, 0.15) is 17.4 Å². The fraction of sp³-hybridized carbons (Fsp3) is 0.588. The zero-order chi connectivity index (χ0) is 17.3. The van der Waals surface area contributed by atoms with Crippen molar-refractivity contribution in [2.75, 3.05) is 31.9 Å². The molecule has 2 heterocycles. The predicted octanol–water partition coefficient (Wildman–Crippen LogP) is 2.23. The number of methoxy groups -OCH3 is 2. The van der Waals surface area contributed by atoms with Crippen LogP contribution in [0.3, 0.4) is 0 Å². The Morgan fingerprint density at radius 1 is 1.29 bits per heavy atom. The van der Waals surface area contributed by atoms with Crippen molar-refractivity contribution in [3.05, 3.63) is 23.8 Å². The summed E-state index contributed by atoms with van der Waals surface area (Å²) in [6, 6.07) is 5.74. The van der Waals surface area contributed by atoms with E-state index in [-0.39, 0.29) is 17.9 Å². The molecule has 1 aromatic rings. The quantitative estimate of drug-likeness (QED) is 0.381. The summed E-state index contributed by atoms with van der Waals surface area (Å²) in [5.74, 6) is 0.472. The molecule has 0 unspecified atom stereocenters. The van der Waals surface area contributed by atoms with Gasteiger partial charge in [-0.15, -0.1) is 0 Å². The van der Waals surface area contributed by atoms with Crippen LogP contribution in [0.2, 0.25) is 0 Å². The second kappa shape index (κ2) is 7.05. The van der Waals surface area contributed by atoms with Crippen LogP contribution in [0.5, 0.6) is 11.5 Å². The van der Waals surface area contributed by atoms with Gasteiger partial charge < -0.3 is 23.8 Å². The number of alkyl halides is 1. The standard InChI is InChI=1S/C17H22INO5/c1-17(23-6-7-24-17)15-13(9-18)19(16(15)20)10-11-4-5-12(21-2)8-14(11)22-3/h4-5,8,13,15H,6-7,9-10H2,1-3H3/t13-,15-/m1/s1. The maximum Gasteiger partial charge on any atom is 0.233 e. The molecule has 132 valence electrons. The third kappa shape index (κ3) is 2.97. The lowest BCUT2D eigenvalue weighted by Gasteiger charge is -2.51. The van der Waals surface area contributed by atoms with E-state index in [0.717, 1.165) is 21.5 Å². The Hall–Kier alpha value is -1.06. The van der Waals surface area contributed by atoms with Crippen LogP contribution in [0.4, 0.5) is 0 Å². The Morgan fingerprint density at radius 3 is 2.58 bits per heavy atom. The third-order valence-corrected chi connectivity index (χ3v) is 5.66. The molecule has 6 nitrogen and oxygen atoms in total. The fourth-order valence-corrected chi connectivity index (χ4v) is 4.41. The Bertz CT molecular complexity index is 617. The average molecular weight is 447 g/mol. The molecule has 0 spiro atoms. The Labute approximate surface area is 155 Å². The minimum atomic E-state index is -0.798. The lowest BCUT2D eigenvalue weighted by atomic mass is 9.81. The van der Waals surface area contributed by atoms with Crippen LogP contribution in [-0.4, -0.2) is 54.5 Å². The summed E-state index contributed by atoms with van der Waals surface area (Å²) < 4.78 is 22.9. The van der Waals surface area contributed by atoms with Gasteiger partial charge in [0.15, 0.2) is 5.79 Å². The first-order valence-electron chi connectivity index (χ1n) is 7.89. The highest BCUT2D eigenvalue weighted by Gasteiger charge is 2.58. The molecule has 24 heavy (non-hydrogen) atoms. The number of halogens is 1. The lowest BCUT2D eigenvalue weighted by molar-refractivity contribution is -0.226. The molecule has 7 heteroatoms. The Morgan fingerprint density at radius 2 is 2.00 bits per heavy atom. The molecule has 0 aromatic heterocycles. The average Bonchev–Trinajstić information content (AvgIpc) is 3.03. The summed E-state index contributed by atoms with van der Waals surface area (Å²) in [6.07, 6.45) is 0. The number of carbonyl (C=O) groups is 1. The summed E-state index contributed by atoms with van der Waals surface area (Å²) in [4.78, 5) is 14.6. The normalized spacial score (nSPS) is 25.5. The predicted molar refractivity (Wildman–Crippen MR) is 96.6 cm³/mol. The molecule has 0 saturated carbocycles. The number of β-lactam (4-membered cyclic amide) rings is 1. The van der Waals surface area contributed by atoms with Crippen molar-refractivity contribution >= 4 is 28.5 Å². The highest BCUT2D eigenvalue weighted by atomic mass is 127. The highest BCUT2D eigenvalue weighted by Crippen LogP contribution is 2.42. The Kier molecular flexibility index (Phi) is 5.22. The van der Waals surface area contributed by atoms with E-state index in [0.29, 0.717) is 19.8 Å². The van der Waals surface area contributed by atoms with Crippen molar-refractivity contribution in [2.24, 2.45) is 5.92 Å². The van der Waals surface area contributed by atoms with E-state index in [9.17, 15) is 4.79 Å². The van der Waals surface area contributed by atoms with Crippen molar-refractivity contribution in [2.45, 2.75) is 25.3 Å². The zero-order valence-corrected chi connectivity index (χ0v) is 16.2. The van der Waals surface area contributed by atoms with Gasteiger partial charge in [-0.25, -0.2) is 0 Å². The second-order valence-electron chi connectivity index (χ2n) is 6.06. The zero-order valence-electron chi connectivity index (χ0n) is 14.1. The minimum Gasteiger partial charge on any atom is -0.497 e. The molecular formula is C17H22INO5. The fourth-order valence-electron chi connectivity index (χ4n) is 3.42. The molecule has 1 aromatic carbocycles. The molecular weight excluding hydrogens is 425 g/mol. The second-order valence-corrected chi connectivity index (χ2v) is 6.94. The van der Waals surface area contributed by atoms with Gasteiger partial charge in [0, 0.05) is 22.6 Å². The number of hydrogen-bond donors (Lipinski definition) is 0. The van der Waals surface area contributed by atoms with E-state index < -0.39 is 5.79 Å². The highest BCUT2D eigenvalue weighted by molar-refractivity contribution is 14.1. The van der Waals surface area contributed by atoms with Crippen molar-refractivity contribution in [3.63, 3.8) is 0 Å². The van der Waals surface area contributed by atoms with Crippen LogP contribution in [-0.2, 0) is 20.8 Å². The number of nitrogens with zero attached hydrogens (tertiary/aromatic N) is 1. The van der Waals surface area contributed by atoms with E-state index in [1.54, 1.807) is 14.2 Å². The summed E-state index contributed by atoms with van der Waals surface area (Å²) in [5, 5.41) is 0. The summed E-state index contributed by atoms with van der Waals surface area (Å²) in [5.41, 5.74) is 0.957. The van der Waals surface area contributed by atoms with Crippen LogP contribution in [0.25, 0.3) is 0 Å². The van der Waals surface area contributed by atoms with Crippen LogP contribution in [0.1, 0.15) is 12.5 Å². The van der Waals surface area contributed by atoms with Gasteiger partial charge in [-0.2, -0.15) is 0 Å². The minimum absolute atomic E-state index is 0.0685. The van der Waals surface area contributed by atoms with E-state index in [4.69, 9.17) is 18.9 Å². The van der Waals surface area contributed by atoms with Crippen LogP contribution >= 0.6 is 22.6 Å². The molecule has 2 atom stereocenters. The first-order chi connectivity index (χ1) is 11.5. The molecule has 2 aliphatic heterocycles. The summed E-state index contributed by atoms with van der Waals surface area (Å²) >= 11 is 2.31. The maximum atomic E-state index is 12.7. The maximum absolute atomic E-state index is 12.7. The van der Waals surface area contributed by atoms with Gasteiger partial charge in [0.25, 0.3) is 0 Å². The van der Waals surface area contributed by atoms with E-state index in [1.807, 2.05) is 30.0 Å². The number of amides is 1. The molecule has 0 radical (unpaired) electrons. The molecule has 2 saturated heterocycles. The molecule has 0 aliphatic carbocycles. The molecule has 1 amide bonds. The van der Waals surface area contributed by atoms with Crippen LogP contribution in [0, 0.1) is 5.92 Å². The number of ether oxygens (including phenoxy) is 4. The molecule has 0 bridgehead atoms. The first kappa shape index (κ1) is 17.8. The molecule has 2 aliphatic rings.